The SMILES string of the molecule is O=[N+]([O-])c1ccc(/C=C/C(Cc2ccco2)c2ccc([N+](=O)[O-])cc2)cc1. The third-order valence-corrected chi connectivity index (χ3v) is 4.16. The van der Waals surface area contributed by atoms with E-state index in [1.165, 1.54) is 24.3 Å². The number of hydrogen-bond donors (Lipinski definition) is 0. The van der Waals surface area contributed by atoms with Crippen molar-refractivity contribution >= 4 is 17.5 Å². The van der Waals surface area contributed by atoms with E-state index in [9.17, 15) is 20.2 Å². The number of nitro groups is 2. The first-order valence-corrected chi connectivity index (χ1v) is 8.22. The summed E-state index contributed by atoms with van der Waals surface area (Å²) >= 11 is 0. The molecule has 3 aromatic rings. The van der Waals surface area contributed by atoms with Crippen LogP contribution >= 0.6 is 0 Å². The Balaban J connectivity index is 1.84. The molecule has 0 fully saturated rings. The van der Waals surface area contributed by atoms with E-state index in [4.69, 9.17) is 4.42 Å². The molecule has 0 radical (unpaired) electrons. The van der Waals surface area contributed by atoms with Crippen molar-refractivity contribution in [1.29, 1.82) is 0 Å². The summed E-state index contributed by atoms with van der Waals surface area (Å²) in [6.07, 6.45) is 6.03. The van der Waals surface area contributed by atoms with Crippen molar-refractivity contribution in [3.63, 3.8) is 0 Å². The first-order valence-electron chi connectivity index (χ1n) is 8.22. The Morgan fingerprint density at radius 3 is 2.00 bits per heavy atom. The van der Waals surface area contributed by atoms with Gasteiger partial charge in [-0.15, -0.1) is 0 Å². The van der Waals surface area contributed by atoms with Gasteiger partial charge in [-0.1, -0.05) is 24.3 Å². The minimum absolute atomic E-state index is 0.0367. The highest BCUT2D eigenvalue weighted by molar-refractivity contribution is 5.53. The molecule has 0 amide bonds. The number of rotatable bonds is 7. The van der Waals surface area contributed by atoms with Gasteiger partial charge >= 0.3 is 0 Å². The van der Waals surface area contributed by atoms with Crippen molar-refractivity contribution in [1.82, 2.24) is 0 Å². The number of allylic oxidation sites excluding steroid dienone is 1. The summed E-state index contributed by atoms with van der Waals surface area (Å²) in [5, 5.41) is 21.6. The number of furan rings is 1. The van der Waals surface area contributed by atoms with Gasteiger partial charge in [0.15, 0.2) is 0 Å². The molecule has 0 aliphatic carbocycles. The minimum atomic E-state index is -0.440. The Hall–Kier alpha value is -3.74. The van der Waals surface area contributed by atoms with Gasteiger partial charge in [0.2, 0.25) is 0 Å². The molecule has 0 bridgehead atoms. The summed E-state index contributed by atoms with van der Waals surface area (Å²) in [6, 6.07) is 16.3. The zero-order valence-electron chi connectivity index (χ0n) is 14.2. The molecular formula is C20H16N2O5. The van der Waals surface area contributed by atoms with E-state index < -0.39 is 9.85 Å². The van der Waals surface area contributed by atoms with Crippen LogP contribution in [0.5, 0.6) is 0 Å². The molecule has 27 heavy (non-hydrogen) atoms. The number of non-ortho nitro benzene ring substituents is 2. The van der Waals surface area contributed by atoms with Gasteiger partial charge in [-0.3, -0.25) is 20.2 Å². The zero-order valence-corrected chi connectivity index (χ0v) is 14.2. The van der Waals surface area contributed by atoms with Crippen LogP contribution in [0.3, 0.4) is 0 Å². The van der Waals surface area contributed by atoms with Gasteiger partial charge in [0.25, 0.3) is 11.4 Å². The van der Waals surface area contributed by atoms with Crippen LogP contribution in [0.1, 0.15) is 22.8 Å². The Morgan fingerprint density at radius 1 is 0.889 bits per heavy atom. The molecule has 7 heteroatoms. The first kappa shape index (κ1) is 18.1. The lowest BCUT2D eigenvalue weighted by molar-refractivity contribution is -0.385. The van der Waals surface area contributed by atoms with Crippen molar-refractivity contribution in [3.05, 3.63) is 110 Å². The normalized spacial score (nSPS) is 12.1. The molecule has 7 nitrogen and oxygen atoms in total. The molecule has 0 saturated heterocycles. The molecule has 0 saturated carbocycles. The Labute approximate surface area is 154 Å². The summed E-state index contributed by atoms with van der Waals surface area (Å²) in [6.45, 7) is 0. The lowest BCUT2D eigenvalue weighted by atomic mass is 9.93. The Bertz CT molecular complexity index is 945. The summed E-state index contributed by atoms with van der Waals surface area (Å²) in [7, 11) is 0. The second-order valence-corrected chi connectivity index (χ2v) is 5.95. The molecule has 0 aliphatic heterocycles. The first-order chi connectivity index (χ1) is 13.0. The van der Waals surface area contributed by atoms with Gasteiger partial charge in [0.05, 0.1) is 16.1 Å². The molecular weight excluding hydrogens is 348 g/mol. The highest BCUT2D eigenvalue weighted by Crippen LogP contribution is 2.26. The molecule has 2 aromatic carbocycles. The highest BCUT2D eigenvalue weighted by Gasteiger charge is 2.13. The second-order valence-electron chi connectivity index (χ2n) is 5.95. The van der Waals surface area contributed by atoms with Crippen molar-refractivity contribution in [2.75, 3.05) is 0 Å². The Kier molecular flexibility index (Phi) is 5.41. The van der Waals surface area contributed by atoms with Crippen molar-refractivity contribution in [2.45, 2.75) is 12.3 Å². The molecule has 136 valence electrons. The van der Waals surface area contributed by atoms with Gasteiger partial charge < -0.3 is 4.42 Å². The molecule has 0 aliphatic rings. The van der Waals surface area contributed by atoms with Crippen LogP contribution in [0.2, 0.25) is 0 Å². The number of nitro benzene ring substituents is 2. The van der Waals surface area contributed by atoms with E-state index in [-0.39, 0.29) is 17.3 Å². The zero-order chi connectivity index (χ0) is 19.2. The quantitative estimate of drug-likeness (QED) is 0.427. The monoisotopic (exact) mass is 364 g/mol. The molecule has 3 rings (SSSR count). The summed E-state index contributed by atoms with van der Waals surface area (Å²) < 4.78 is 5.42. The van der Waals surface area contributed by atoms with Gasteiger partial charge in [-0.2, -0.15) is 0 Å². The van der Waals surface area contributed by atoms with Gasteiger partial charge in [-0.25, -0.2) is 0 Å². The van der Waals surface area contributed by atoms with Crippen LogP contribution in [-0.2, 0) is 6.42 Å². The predicted molar refractivity (Wildman–Crippen MR) is 100 cm³/mol. The van der Waals surface area contributed by atoms with Gasteiger partial charge in [-0.05, 0) is 35.4 Å². The number of nitrogens with zero attached hydrogens (tertiary/aromatic N) is 2. The number of hydrogen-bond acceptors (Lipinski definition) is 5. The third kappa shape index (κ3) is 4.66. The average Bonchev–Trinajstić information content (AvgIpc) is 3.18. The summed E-state index contributed by atoms with van der Waals surface area (Å²) in [4.78, 5) is 20.7. The van der Waals surface area contributed by atoms with E-state index in [0.29, 0.717) is 6.42 Å². The third-order valence-electron chi connectivity index (χ3n) is 4.16. The molecule has 1 unspecified atom stereocenters. The lowest BCUT2D eigenvalue weighted by Crippen LogP contribution is -2.00. The van der Waals surface area contributed by atoms with E-state index in [2.05, 4.69) is 0 Å². The smallest absolute Gasteiger partial charge is 0.269 e. The fourth-order valence-corrected chi connectivity index (χ4v) is 2.72. The van der Waals surface area contributed by atoms with E-state index in [0.717, 1.165) is 16.9 Å². The fourth-order valence-electron chi connectivity index (χ4n) is 2.72. The van der Waals surface area contributed by atoms with E-state index >= 15 is 0 Å². The topological polar surface area (TPSA) is 99.4 Å². The lowest BCUT2D eigenvalue weighted by Gasteiger charge is -2.12. The molecule has 0 spiro atoms. The molecule has 0 N–H and O–H groups in total. The van der Waals surface area contributed by atoms with Crippen LogP contribution in [-0.4, -0.2) is 9.85 Å². The maximum atomic E-state index is 10.9. The van der Waals surface area contributed by atoms with E-state index in [1.54, 1.807) is 30.5 Å². The van der Waals surface area contributed by atoms with E-state index in [1.807, 2.05) is 24.3 Å². The number of benzene rings is 2. The van der Waals surface area contributed by atoms with Crippen LogP contribution < -0.4 is 0 Å². The Morgan fingerprint density at radius 2 is 1.48 bits per heavy atom. The standard InChI is InChI=1S/C20H16N2O5/c23-21(24)18-9-4-15(5-10-18)3-6-17(14-20-2-1-13-27-20)16-7-11-19(12-8-16)22(25)26/h1-13,17H,14H2/b6-3+. The maximum absolute atomic E-state index is 10.9. The summed E-state index contributed by atoms with van der Waals surface area (Å²) in [5.74, 6) is 0.735. The molecule has 1 atom stereocenters. The summed E-state index contributed by atoms with van der Waals surface area (Å²) in [5.41, 5.74) is 1.81. The maximum Gasteiger partial charge on any atom is 0.269 e. The highest BCUT2D eigenvalue weighted by atomic mass is 16.6. The largest absolute Gasteiger partial charge is 0.469 e. The fraction of sp³-hybridized carbons (Fsp3) is 0.100. The van der Waals surface area contributed by atoms with Crippen LogP contribution in [0.4, 0.5) is 11.4 Å². The second kappa shape index (κ2) is 8.09. The minimum Gasteiger partial charge on any atom is -0.469 e. The van der Waals surface area contributed by atoms with Gasteiger partial charge in [0.1, 0.15) is 5.76 Å². The van der Waals surface area contributed by atoms with Crippen LogP contribution in [0.15, 0.2) is 77.4 Å². The van der Waals surface area contributed by atoms with Crippen molar-refractivity contribution in [3.8, 4) is 0 Å². The van der Waals surface area contributed by atoms with Crippen LogP contribution in [0, 0.1) is 20.2 Å². The predicted octanol–water partition coefficient (Wildman–Crippen LogP) is 5.14. The average molecular weight is 364 g/mol. The molecule has 1 aromatic heterocycles. The van der Waals surface area contributed by atoms with Gasteiger partial charge in [0, 0.05) is 36.6 Å². The van der Waals surface area contributed by atoms with Crippen molar-refractivity contribution < 1.29 is 14.3 Å². The van der Waals surface area contributed by atoms with Crippen LogP contribution in [0.25, 0.3) is 6.08 Å². The molecule has 1 heterocycles. The van der Waals surface area contributed by atoms with Crippen molar-refractivity contribution in [2.24, 2.45) is 0 Å².